The highest BCUT2D eigenvalue weighted by Gasteiger charge is 2.50. The van der Waals surface area contributed by atoms with E-state index < -0.39 is 6.10 Å². The number of hydrogen-bond donors (Lipinski definition) is 3. The number of phenolic OH excluding ortho intramolecular Hbond substituents is 1. The number of unbranched alkanes of at least 4 members (excludes halogenated alkanes) is 2. The lowest BCUT2D eigenvalue weighted by molar-refractivity contribution is 0.0448. The lowest BCUT2D eigenvalue weighted by atomic mass is 9.64. The highest BCUT2D eigenvalue weighted by Crippen LogP contribution is 2.58. The second-order valence-electron chi connectivity index (χ2n) is 8.93. The third-order valence-corrected chi connectivity index (χ3v) is 7.30. The van der Waals surface area contributed by atoms with Gasteiger partial charge in [0.2, 0.25) is 0 Å². The topological polar surface area (TPSA) is 60.7 Å². The number of aliphatic hydroxyl groups excluding tert-OH is 2. The predicted octanol–water partition coefficient (Wildman–Crippen LogP) is 5.35. The molecule has 3 heteroatoms. The Labute approximate surface area is 162 Å². The van der Waals surface area contributed by atoms with E-state index in [0.29, 0.717) is 5.92 Å². The maximum Gasteiger partial charge on any atom is 0.116 e. The van der Waals surface area contributed by atoms with Gasteiger partial charge < -0.3 is 15.3 Å². The van der Waals surface area contributed by atoms with Crippen molar-refractivity contribution >= 4 is 10.8 Å². The molecule has 2 aliphatic carbocycles. The van der Waals surface area contributed by atoms with Gasteiger partial charge >= 0.3 is 0 Å². The van der Waals surface area contributed by atoms with Gasteiger partial charge in [0, 0.05) is 5.41 Å². The molecule has 4 rings (SSSR count). The molecule has 3 nitrogen and oxygen atoms in total. The minimum Gasteiger partial charge on any atom is -0.508 e. The van der Waals surface area contributed by atoms with E-state index >= 15 is 0 Å². The van der Waals surface area contributed by atoms with Gasteiger partial charge in [-0.05, 0) is 83.7 Å². The zero-order valence-electron chi connectivity index (χ0n) is 16.5. The molecule has 0 saturated heterocycles. The summed E-state index contributed by atoms with van der Waals surface area (Å²) in [6.45, 7) is 4.41. The van der Waals surface area contributed by atoms with Crippen molar-refractivity contribution < 1.29 is 15.3 Å². The van der Waals surface area contributed by atoms with Crippen LogP contribution in [-0.2, 0) is 6.42 Å². The second-order valence-corrected chi connectivity index (χ2v) is 8.93. The van der Waals surface area contributed by atoms with Gasteiger partial charge in [-0.3, -0.25) is 0 Å². The molecule has 146 valence electrons. The Balaban J connectivity index is 1.87. The lowest BCUT2D eigenvalue weighted by Gasteiger charge is -2.42. The number of rotatable bonds is 5. The van der Waals surface area contributed by atoms with E-state index in [-0.39, 0.29) is 17.3 Å². The number of hydrogen-bond acceptors (Lipinski definition) is 3. The van der Waals surface area contributed by atoms with E-state index in [9.17, 15) is 15.3 Å². The van der Waals surface area contributed by atoms with Crippen LogP contribution in [-0.4, -0.2) is 21.4 Å². The Hall–Kier alpha value is -1.58. The molecule has 0 aliphatic heterocycles. The van der Waals surface area contributed by atoms with Gasteiger partial charge in [0.15, 0.2) is 0 Å². The van der Waals surface area contributed by atoms with Gasteiger partial charge in [-0.25, -0.2) is 0 Å². The Morgan fingerprint density at radius 2 is 2.00 bits per heavy atom. The van der Waals surface area contributed by atoms with Crippen LogP contribution in [0.4, 0.5) is 0 Å². The highest BCUT2D eigenvalue weighted by atomic mass is 16.3. The van der Waals surface area contributed by atoms with E-state index in [1.165, 1.54) is 16.5 Å². The van der Waals surface area contributed by atoms with Crippen LogP contribution in [0.2, 0.25) is 0 Å². The standard InChI is InChI=1S/C24H32O3/c1-3-4-5-6-21(26)19-14-15-13-16(25)7-8-17(15)18-11-12-24(2)20(23(18)19)9-10-22(24)27/h7-8,13-14,20-22,25-27H,3-6,9-12H2,1-2H3/t20?,21?,22?,24-/m0/s1. The molecular weight excluding hydrogens is 336 g/mol. The number of aryl methyl sites for hydroxylation is 1. The van der Waals surface area contributed by atoms with Gasteiger partial charge in [0.05, 0.1) is 12.2 Å². The van der Waals surface area contributed by atoms with E-state index in [0.717, 1.165) is 62.3 Å². The first kappa shape index (κ1) is 18.8. The molecule has 1 saturated carbocycles. The van der Waals surface area contributed by atoms with Crippen molar-refractivity contribution in [2.45, 2.75) is 83.3 Å². The van der Waals surface area contributed by atoms with Crippen molar-refractivity contribution in [2.24, 2.45) is 5.41 Å². The maximum absolute atomic E-state index is 11.1. The minimum atomic E-state index is -0.475. The normalized spacial score (nSPS) is 28.1. The van der Waals surface area contributed by atoms with Crippen molar-refractivity contribution in [2.75, 3.05) is 0 Å². The van der Waals surface area contributed by atoms with Crippen LogP contribution in [0.5, 0.6) is 5.75 Å². The second kappa shape index (κ2) is 7.10. The summed E-state index contributed by atoms with van der Waals surface area (Å²) in [5, 5.41) is 33.9. The fraction of sp³-hybridized carbons (Fsp3) is 0.583. The highest BCUT2D eigenvalue weighted by molar-refractivity contribution is 5.89. The van der Waals surface area contributed by atoms with Crippen LogP contribution >= 0.6 is 0 Å². The van der Waals surface area contributed by atoms with Crippen LogP contribution in [0, 0.1) is 5.41 Å². The summed E-state index contributed by atoms with van der Waals surface area (Å²) >= 11 is 0. The van der Waals surface area contributed by atoms with Crippen molar-refractivity contribution in [3.63, 3.8) is 0 Å². The molecule has 3 unspecified atom stereocenters. The Kier molecular flexibility index (Phi) is 4.94. The molecule has 0 bridgehead atoms. The molecule has 27 heavy (non-hydrogen) atoms. The van der Waals surface area contributed by atoms with E-state index in [2.05, 4.69) is 19.9 Å². The number of benzene rings is 2. The van der Waals surface area contributed by atoms with Crippen molar-refractivity contribution in [3.8, 4) is 5.75 Å². The maximum atomic E-state index is 11.1. The fourth-order valence-electron chi connectivity index (χ4n) is 5.63. The summed E-state index contributed by atoms with van der Waals surface area (Å²) in [6.07, 6.45) is 7.09. The average molecular weight is 369 g/mol. The predicted molar refractivity (Wildman–Crippen MR) is 109 cm³/mol. The third kappa shape index (κ3) is 3.05. The molecule has 2 aromatic rings. The minimum absolute atomic E-state index is 0.0878. The number of phenols is 1. The zero-order chi connectivity index (χ0) is 19.2. The largest absolute Gasteiger partial charge is 0.508 e. The Morgan fingerprint density at radius 3 is 2.78 bits per heavy atom. The van der Waals surface area contributed by atoms with Crippen molar-refractivity contribution in [3.05, 3.63) is 41.0 Å². The average Bonchev–Trinajstić information content (AvgIpc) is 2.95. The molecule has 0 heterocycles. The van der Waals surface area contributed by atoms with Gasteiger partial charge in [-0.2, -0.15) is 0 Å². The smallest absolute Gasteiger partial charge is 0.116 e. The molecule has 1 fully saturated rings. The zero-order valence-corrected chi connectivity index (χ0v) is 16.5. The van der Waals surface area contributed by atoms with Gasteiger partial charge in [-0.15, -0.1) is 0 Å². The lowest BCUT2D eigenvalue weighted by Crippen LogP contribution is -2.36. The Morgan fingerprint density at radius 1 is 1.19 bits per heavy atom. The summed E-state index contributed by atoms with van der Waals surface area (Å²) in [4.78, 5) is 0. The van der Waals surface area contributed by atoms with E-state index in [1.54, 1.807) is 6.07 Å². The Bertz CT molecular complexity index is 843. The summed E-state index contributed by atoms with van der Waals surface area (Å²) in [7, 11) is 0. The van der Waals surface area contributed by atoms with Crippen LogP contribution in [0.25, 0.3) is 10.8 Å². The molecule has 4 atom stereocenters. The van der Waals surface area contributed by atoms with Gasteiger partial charge in [-0.1, -0.05) is 39.2 Å². The molecule has 0 amide bonds. The first-order valence-electron chi connectivity index (χ1n) is 10.6. The van der Waals surface area contributed by atoms with Crippen molar-refractivity contribution in [1.29, 1.82) is 0 Å². The van der Waals surface area contributed by atoms with Crippen LogP contribution in [0.3, 0.4) is 0 Å². The first-order valence-corrected chi connectivity index (χ1v) is 10.6. The van der Waals surface area contributed by atoms with E-state index in [1.807, 2.05) is 12.1 Å². The molecule has 2 aromatic carbocycles. The van der Waals surface area contributed by atoms with E-state index in [4.69, 9.17) is 0 Å². The number of fused-ring (bicyclic) bond motifs is 5. The first-order chi connectivity index (χ1) is 13.0. The molecule has 2 aliphatic rings. The van der Waals surface area contributed by atoms with Gasteiger partial charge in [0.25, 0.3) is 0 Å². The summed E-state index contributed by atoms with van der Waals surface area (Å²) in [5.41, 5.74) is 3.57. The van der Waals surface area contributed by atoms with Crippen LogP contribution in [0.15, 0.2) is 24.3 Å². The number of aromatic hydroxyl groups is 1. The monoisotopic (exact) mass is 368 g/mol. The quantitative estimate of drug-likeness (QED) is 0.624. The van der Waals surface area contributed by atoms with Crippen molar-refractivity contribution in [1.82, 2.24) is 0 Å². The van der Waals surface area contributed by atoms with Crippen LogP contribution in [0.1, 0.15) is 87.5 Å². The third-order valence-electron chi connectivity index (χ3n) is 7.30. The molecule has 0 spiro atoms. The van der Waals surface area contributed by atoms with Gasteiger partial charge in [0.1, 0.15) is 5.75 Å². The van der Waals surface area contributed by atoms with Crippen LogP contribution < -0.4 is 0 Å². The molecule has 0 radical (unpaired) electrons. The SMILES string of the molecule is CCCCCC(O)c1cc2cc(O)ccc2c2c1C1CCC(O)[C@@]1(C)CC2. The molecular formula is C24H32O3. The summed E-state index contributed by atoms with van der Waals surface area (Å²) in [5.74, 6) is 0.580. The molecule has 3 N–H and O–H groups in total. The summed E-state index contributed by atoms with van der Waals surface area (Å²) < 4.78 is 0. The summed E-state index contributed by atoms with van der Waals surface area (Å²) in [6, 6.07) is 7.69. The number of aliphatic hydroxyl groups is 2. The fourth-order valence-corrected chi connectivity index (χ4v) is 5.63. The molecule has 0 aromatic heterocycles.